The summed E-state index contributed by atoms with van der Waals surface area (Å²) in [7, 11) is 4.19. The first-order valence-corrected chi connectivity index (χ1v) is 6.15. The summed E-state index contributed by atoms with van der Waals surface area (Å²) in [5.74, 6) is 0.898. The Hall–Kier alpha value is -1.62. The van der Waals surface area contributed by atoms with Gasteiger partial charge in [0.2, 0.25) is 0 Å². The largest absolute Gasteiger partial charge is 0.369 e. The first-order valence-electron chi connectivity index (χ1n) is 6.15. The average Bonchev–Trinajstić information content (AvgIpc) is 2.71. The van der Waals surface area contributed by atoms with Crippen LogP contribution in [-0.2, 0) is 0 Å². The van der Waals surface area contributed by atoms with Crippen LogP contribution in [0, 0.1) is 5.41 Å². The summed E-state index contributed by atoms with van der Waals surface area (Å²) in [5.41, 5.74) is 1.07. The molecule has 2 rings (SSSR count). The van der Waals surface area contributed by atoms with E-state index in [2.05, 4.69) is 48.2 Å². The zero-order chi connectivity index (χ0) is 13.2. The Balaban J connectivity index is 2.00. The second-order valence-electron chi connectivity index (χ2n) is 5.70. The highest BCUT2D eigenvalue weighted by molar-refractivity contribution is 5.45. The molecule has 98 valence electrons. The van der Waals surface area contributed by atoms with Crippen LogP contribution < -0.4 is 5.32 Å². The van der Waals surface area contributed by atoms with Gasteiger partial charge in [-0.2, -0.15) is 5.10 Å². The SMILES string of the molecule is CN(C)CC(C)(C)CNc1ccn2nccc2n1. The van der Waals surface area contributed by atoms with Gasteiger partial charge in [-0.05, 0) is 25.6 Å². The zero-order valence-corrected chi connectivity index (χ0v) is 11.5. The van der Waals surface area contributed by atoms with Crippen LogP contribution in [0.4, 0.5) is 5.82 Å². The molecule has 0 saturated carbocycles. The van der Waals surface area contributed by atoms with Crippen molar-refractivity contribution in [2.24, 2.45) is 5.41 Å². The molecular formula is C13H21N5. The van der Waals surface area contributed by atoms with Gasteiger partial charge in [0, 0.05) is 25.4 Å². The van der Waals surface area contributed by atoms with E-state index < -0.39 is 0 Å². The summed E-state index contributed by atoms with van der Waals surface area (Å²) in [5, 5.41) is 7.52. The van der Waals surface area contributed by atoms with Crippen molar-refractivity contribution in [3.63, 3.8) is 0 Å². The molecule has 2 heterocycles. The number of rotatable bonds is 5. The number of hydrogen-bond donors (Lipinski definition) is 1. The molecule has 0 radical (unpaired) electrons. The van der Waals surface area contributed by atoms with Crippen LogP contribution in [0.15, 0.2) is 24.5 Å². The molecule has 0 aliphatic rings. The van der Waals surface area contributed by atoms with Gasteiger partial charge in [-0.25, -0.2) is 9.50 Å². The van der Waals surface area contributed by atoms with E-state index in [9.17, 15) is 0 Å². The van der Waals surface area contributed by atoms with Crippen LogP contribution in [0.5, 0.6) is 0 Å². The topological polar surface area (TPSA) is 45.5 Å². The Morgan fingerprint density at radius 3 is 2.83 bits per heavy atom. The quantitative estimate of drug-likeness (QED) is 0.874. The third-order valence-electron chi connectivity index (χ3n) is 2.75. The highest BCUT2D eigenvalue weighted by Crippen LogP contribution is 2.17. The molecule has 0 fully saturated rings. The van der Waals surface area contributed by atoms with Crippen molar-refractivity contribution in [1.82, 2.24) is 19.5 Å². The predicted octanol–water partition coefficient (Wildman–Crippen LogP) is 1.73. The van der Waals surface area contributed by atoms with Gasteiger partial charge in [-0.3, -0.25) is 0 Å². The smallest absolute Gasteiger partial charge is 0.157 e. The molecule has 5 nitrogen and oxygen atoms in total. The van der Waals surface area contributed by atoms with E-state index >= 15 is 0 Å². The molecule has 0 spiro atoms. The molecule has 0 saturated heterocycles. The number of nitrogens with one attached hydrogen (secondary N) is 1. The van der Waals surface area contributed by atoms with E-state index in [1.165, 1.54) is 0 Å². The lowest BCUT2D eigenvalue weighted by Crippen LogP contribution is -2.34. The summed E-state index contributed by atoms with van der Waals surface area (Å²) < 4.78 is 1.76. The van der Waals surface area contributed by atoms with Crippen LogP contribution in [0.25, 0.3) is 5.65 Å². The van der Waals surface area contributed by atoms with Gasteiger partial charge in [0.15, 0.2) is 5.65 Å². The molecule has 0 unspecified atom stereocenters. The first kappa shape index (κ1) is 12.8. The van der Waals surface area contributed by atoms with Gasteiger partial charge in [-0.15, -0.1) is 0 Å². The molecule has 0 amide bonds. The maximum atomic E-state index is 4.49. The minimum absolute atomic E-state index is 0.206. The summed E-state index contributed by atoms with van der Waals surface area (Å²) >= 11 is 0. The minimum atomic E-state index is 0.206. The molecule has 0 bridgehead atoms. The Bertz CT molecular complexity index is 515. The molecule has 5 heteroatoms. The summed E-state index contributed by atoms with van der Waals surface area (Å²) in [6.45, 7) is 6.42. The van der Waals surface area contributed by atoms with E-state index in [4.69, 9.17) is 0 Å². The zero-order valence-electron chi connectivity index (χ0n) is 11.5. The molecule has 2 aromatic rings. The summed E-state index contributed by atoms with van der Waals surface area (Å²) in [6, 6.07) is 3.85. The Kier molecular flexibility index (Phi) is 3.52. The summed E-state index contributed by atoms with van der Waals surface area (Å²) in [4.78, 5) is 6.70. The van der Waals surface area contributed by atoms with Crippen molar-refractivity contribution >= 4 is 11.5 Å². The molecule has 0 aliphatic carbocycles. The van der Waals surface area contributed by atoms with E-state index in [1.54, 1.807) is 10.7 Å². The number of anilines is 1. The molecule has 18 heavy (non-hydrogen) atoms. The highest BCUT2D eigenvalue weighted by atomic mass is 15.2. The molecule has 2 aromatic heterocycles. The molecular weight excluding hydrogens is 226 g/mol. The van der Waals surface area contributed by atoms with Crippen molar-refractivity contribution in [3.05, 3.63) is 24.5 Å². The highest BCUT2D eigenvalue weighted by Gasteiger charge is 2.18. The Labute approximate surface area is 108 Å². The predicted molar refractivity (Wildman–Crippen MR) is 73.8 cm³/mol. The van der Waals surface area contributed by atoms with E-state index in [0.29, 0.717) is 0 Å². The maximum Gasteiger partial charge on any atom is 0.157 e. The van der Waals surface area contributed by atoms with Crippen molar-refractivity contribution in [2.45, 2.75) is 13.8 Å². The number of hydrogen-bond acceptors (Lipinski definition) is 4. The van der Waals surface area contributed by atoms with Gasteiger partial charge in [-0.1, -0.05) is 13.8 Å². The van der Waals surface area contributed by atoms with Gasteiger partial charge >= 0.3 is 0 Å². The third-order valence-corrected chi connectivity index (χ3v) is 2.75. The van der Waals surface area contributed by atoms with Crippen LogP contribution in [0.3, 0.4) is 0 Å². The van der Waals surface area contributed by atoms with Crippen molar-refractivity contribution in [3.8, 4) is 0 Å². The lowest BCUT2D eigenvalue weighted by atomic mass is 9.93. The number of fused-ring (bicyclic) bond motifs is 1. The van der Waals surface area contributed by atoms with Crippen LogP contribution in [0.1, 0.15) is 13.8 Å². The Morgan fingerprint density at radius 2 is 2.11 bits per heavy atom. The average molecular weight is 247 g/mol. The standard InChI is InChI=1S/C13H21N5/c1-13(2,10-17(3)4)9-14-11-6-8-18-12(16-11)5-7-15-18/h5-8H,9-10H2,1-4H3,(H,14,16). The van der Waals surface area contributed by atoms with Gasteiger partial charge < -0.3 is 10.2 Å². The third kappa shape index (κ3) is 3.20. The van der Waals surface area contributed by atoms with Crippen molar-refractivity contribution in [2.75, 3.05) is 32.5 Å². The molecule has 0 aromatic carbocycles. The minimum Gasteiger partial charge on any atom is -0.369 e. The number of aromatic nitrogens is 3. The lowest BCUT2D eigenvalue weighted by Gasteiger charge is -2.28. The van der Waals surface area contributed by atoms with Crippen LogP contribution >= 0.6 is 0 Å². The van der Waals surface area contributed by atoms with Crippen LogP contribution in [-0.4, -0.2) is 46.7 Å². The normalized spacial score (nSPS) is 12.3. The fraction of sp³-hybridized carbons (Fsp3) is 0.538. The second kappa shape index (κ2) is 4.94. The molecule has 0 atom stereocenters. The van der Waals surface area contributed by atoms with E-state index in [0.717, 1.165) is 24.6 Å². The Morgan fingerprint density at radius 1 is 1.33 bits per heavy atom. The van der Waals surface area contributed by atoms with Gasteiger partial charge in [0.1, 0.15) is 5.82 Å². The van der Waals surface area contributed by atoms with E-state index in [1.807, 2.05) is 18.3 Å². The van der Waals surface area contributed by atoms with Gasteiger partial charge in [0.25, 0.3) is 0 Å². The monoisotopic (exact) mass is 247 g/mol. The lowest BCUT2D eigenvalue weighted by molar-refractivity contribution is 0.254. The molecule has 0 aliphatic heterocycles. The summed E-state index contributed by atoms with van der Waals surface area (Å²) in [6.07, 6.45) is 3.67. The van der Waals surface area contributed by atoms with Crippen molar-refractivity contribution in [1.29, 1.82) is 0 Å². The fourth-order valence-corrected chi connectivity index (χ4v) is 2.15. The second-order valence-corrected chi connectivity index (χ2v) is 5.70. The fourth-order valence-electron chi connectivity index (χ4n) is 2.15. The maximum absolute atomic E-state index is 4.49. The first-order chi connectivity index (χ1) is 8.46. The van der Waals surface area contributed by atoms with Crippen molar-refractivity contribution < 1.29 is 0 Å². The van der Waals surface area contributed by atoms with Gasteiger partial charge in [0.05, 0.1) is 6.20 Å². The number of nitrogens with zero attached hydrogens (tertiary/aromatic N) is 4. The van der Waals surface area contributed by atoms with E-state index in [-0.39, 0.29) is 5.41 Å². The van der Waals surface area contributed by atoms with Crippen LogP contribution in [0.2, 0.25) is 0 Å². The molecule has 1 N–H and O–H groups in total.